The summed E-state index contributed by atoms with van der Waals surface area (Å²) < 4.78 is 5.26. The molecule has 0 heterocycles. The van der Waals surface area contributed by atoms with E-state index in [0.29, 0.717) is 21.4 Å². The van der Waals surface area contributed by atoms with E-state index >= 15 is 0 Å². The van der Waals surface area contributed by atoms with E-state index in [1.54, 1.807) is 30.4 Å². The fraction of sp³-hybridized carbons (Fsp3) is 0.0667. The molecule has 23 heavy (non-hydrogen) atoms. The van der Waals surface area contributed by atoms with Crippen LogP contribution >= 0.6 is 23.2 Å². The van der Waals surface area contributed by atoms with Crippen LogP contribution in [0, 0.1) is 0 Å². The van der Waals surface area contributed by atoms with E-state index in [4.69, 9.17) is 27.9 Å². The molecule has 1 aromatic carbocycles. The quantitative estimate of drug-likeness (QED) is 0.455. The van der Waals surface area contributed by atoms with Crippen molar-refractivity contribution in [1.29, 1.82) is 0 Å². The van der Waals surface area contributed by atoms with Gasteiger partial charge in [0.1, 0.15) is 5.75 Å². The van der Waals surface area contributed by atoms with Gasteiger partial charge in [-0.3, -0.25) is 15.0 Å². The second-order valence-corrected chi connectivity index (χ2v) is 5.08. The minimum Gasteiger partial charge on any atom is -0.482 e. The van der Waals surface area contributed by atoms with Gasteiger partial charge in [0, 0.05) is 33.3 Å². The number of hydrogen-bond acceptors (Lipinski definition) is 4. The van der Waals surface area contributed by atoms with Crippen molar-refractivity contribution in [3.8, 4) is 5.75 Å². The number of allylic oxidation sites excluding steroid dienone is 5. The Bertz CT molecular complexity index is 687. The van der Waals surface area contributed by atoms with E-state index in [-0.39, 0.29) is 28.9 Å². The summed E-state index contributed by atoms with van der Waals surface area (Å²) in [5.74, 6) is -0.214. The molecule has 0 radical (unpaired) electrons. The third-order valence-corrected chi connectivity index (χ3v) is 3.14. The van der Waals surface area contributed by atoms with Crippen LogP contribution in [0.15, 0.2) is 54.3 Å². The smallest absolute Gasteiger partial charge is 0.276 e. The van der Waals surface area contributed by atoms with Crippen LogP contribution in [0.25, 0.3) is 0 Å². The van der Waals surface area contributed by atoms with Crippen molar-refractivity contribution in [1.82, 2.24) is 10.9 Å². The zero-order chi connectivity index (χ0) is 15.9. The molecule has 0 bridgehead atoms. The van der Waals surface area contributed by atoms with E-state index in [1.807, 2.05) is 0 Å². The van der Waals surface area contributed by atoms with Gasteiger partial charge < -0.3 is 10.2 Å². The monoisotopic (exact) mass is 396 g/mol. The van der Waals surface area contributed by atoms with Gasteiger partial charge in [0.15, 0.2) is 12.4 Å². The number of hydrazine groups is 1. The number of carbonyl (C=O) groups is 2. The van der Waals surface area contributed by atoms with Gasteiger partial charge in [-0.15, -0.1) is 0 Å². The largest absolute Gasteiger partial charge is 0.482 e. The molecular weight excluding hydrogens is 386 g/mol. The first-order valence-corrected chi connectivity index (χ1v) is 7.03. The third kappa shape index (κ3) is 6.10. The van der Waals surface area contributed by atoms with Gasteiger partial charge >= 0.3 is 0 Å². The number of ether oxygens (including phenoxy) is 1. The van der Waals surface area contributed by atoms with Crippen LogP contribution in [0.4, 0.5) is 0 Å². The fourth-order valence-electron chi connectivity index (χ4n) is 1.57. The van der Waals surface area contributed by atoms with Crippen LogP contribution in [0.1, 0.15) is 0 Å². The normalized spacial score (nSPS) is 14.3. The topological polar surface area (TPSA) is 67.4 Å². The Morgan fingerprint density at radius 3 is 2.65 bits per heavy atom. The molecule has 1 aromatic rings. The molecule has 1 aliphatic carbocycles. The van der Waals surface area contributed by atoms with Crippen molar-refractivity contribution in [2.24, 2.45) is 0 Å². The van der Waals surface area contributed by atoms with Crippen LogP contribution in [0.3, 0.4) is 0 Å². The zero-order valence-corrected chi connectivity index (χ0v) is 14.1. The third-order valence-electron chi connectivity index (χ3n) is 2.61. The summed E-state index contributed by atoms with van der Waals surface area (Å²) in [6.45, 7) is -0.235. The summed E-state index contributed by atoms with van der Waals surface area (Å²) in [5.41, 5.74) is 5.36. The Morgan fingerprint density at radius 2 is 1.96 bits per heavy atom. The molecule has 8 heteroatoms. The number of rotatable bonds is 5. The van der Waals surface area contributed by atoms with Crippen molar-refractivity contribution in [3.05, 3.63) is 64.3 Å². The Hall–Kier alpha value is -1.75. The SMILES string of the molecule is O=C(COc1ccc(Cl)cc1Cl)NNC=C1C=CC=CC1=O.[Ni]. The maximum atomic E-state index is 11.6. The van der Waals surface area contributed by atoms with Crippen LogP contribution in [-0.2, 0) is 26.1 Å². The number of hydrogen-bond donors (Lipinski definition) is 2. The first-order valence-electron chi connectivity index (χ1n) is 6.28. The maximum absolute atomic E-state index is 11.6. The van der Waals surface area contributed by atoms with Gasteiger partial charge in [-0.2, -0.15) is 0 Å². The average molecular weight is 398 g/mol. The molecule has 0 unspecified atom stereocenters. The predicted molar refractivity (Wildman–Crippen MR) is 84.6 cm³/mol. The first-order chi connectivity index (χ1) is 10.6. The van der Waals surface area contributed by atoms with Gasteiger partial charge in [0.2, 0.25) is 0 Å². The van der Waals surface area contributed by atoms with Crippen molar-refractivity contribution < 1.29 is 30.8 Å². The summed E-state index contributed by atoms with van der Waals surface area (Å²) in [6.07, 6.45) is 7.83. The Balaban J connectivity index is 0.00000264. The molecule has 0 spiro atoms. The minimum atomic E-state index is -0.425. The summed E-state index contributed by atoms with van der Waals surface area (Å²) in [5, 5.41) is 0.800. The molecule has 1 amide bonds. The van der Waals surface area contributed by atoms with Crippen LogP contribution in [0.2, 0.25) is 10.0 Å². The minimum absolute atomic E-state index is 0. The molecule has 0 saturated heterocycles. The van der Waals surface area contributed by atoms with Crippen molar-refractivity contribution >= 4 is 34.9 Å². The molecule has 0 aromatic heterocycles. The molecule has 5 nitrogen and oxygen atoms in total. The van der Waals surface area contributed by atoms with E-state index < -0.39 is 5.91 Å². The Labute approximate surface area is 153 Å². The fourth-order valence-corrected chi connectivity index (χ4v) is 2.03. The average Bonchev–Trinajstić information content (AvgIpc) is 2.48. The number of nitrogens with one attached hydrogen (secondary N) is 2. The van der Waals surface area contributed by atoms with Crippen LogP contribution in [0.5, 0.6) is 5.75 Å². The molecular formula is C15H12Cl2N2NiO3. The second-order valence-electron chi connectivity index (χ2n) is 4.24. The van der Waals surface area contributed by atoms with E-state index in [9.17, 15) is 9.59 Å². The van der Waals surface area contributed by atoms with Gasteiger partial charge in [0.25, 0.3) is 5.91 Å². The molecule has 2 N–H and O–H groups in total. The number of carbonyl (C=O) groups excluding carboxylic acids is 2. The number of amides is 1. The summed E-state index contributed by atoms with van der Waals surface area (Å²) in [4.78, 5) is 23.0. The molecule has 2 rings (SSSR count). The van der Waals surface area contributed by atoms with Gasteiger partial charge in [0.05, 0.1) is 5.02 Å². The van der Waals surface area contributed by atoms with Crippen molar-refractivity contribution in [3.63, 3.8) is 0 Å². The predicted octanol–water partition coefficient (Wildman–Crippen LogP) is 2.57. The molecule has 0 atom stereocenters. The van der Waals surface area contributed by atoms with E-state index in [2.05, 4.69) is 10.9 Å². The van der Waals surface area contributed by atoms with Gasteiger partial charge in [-0.25, -0.2) is 0 Å². The number of halogens is 2. The van der Waals surface area contributed by atoms with Gasteiger partial charge in [-0.1, -0.05) is 35.4 Å². The molecule has 0 saturated carbocycles. The van der Waals surface area contributed by atoms with E-state index in [0.717, 1.165) is 0 Å². The molecule has 0 fully saturated rings. The summed E-state index contributed by atoms with van der Waals surface area (Å²) in [7, 11) is 0. The van der Waals surface area contributed by atoms with Gasteiger partial charge in [-0.05, 0) is 30.4 Å². The summed E-state index contributed by atoms with van der Waals surface area (Å²) in [6, 6.07) is 4.70. The number of ketones is 1. The standard InChI is InChI=1S/C15H12Cl2N2O3.Ni/c16-11-5-6-14(12(17)7-11)22-9-15(21)19-18-8-10-3-1-2-4-13(10)20;/h1-8,18H,9H2,(H,19,21);. The van der Waals surface area contributed by atoms with Crippen LogP contribution in [-0.4, -0.2) is 18.3 Å². The Kier molecular flexibility index (Phi) is 7.89. The van der Waals surface area contributed by atoms with E-state index in [1.165, 1.54) is 18.3 Å². The molecule has 0 aliphatic heterocycles. The summed E-state index contributed by atoms with van der Waals surface area (Å²) >= 11 is 11.7. The van der Waals surface area contributed by atoms with Crippen molar-refractivity contribution in [2.45, 2.75) is 0 Å². The van der Waals surface area contributed by atoms with Crippen LogP contribution < -0.4 is 15.6 Å². The number of benzene rings is 1. The first kappa shape index (κ1) is 19.3. The molecule has 124 valence electrons. The second kappa shape index (κ2) is 9.41. The van der Waals surface area contributed by atoms with Crippen molar-refractivity contribution in [2.75, 3.05) is 6.61 Å². The maximum Gasteiger partial charge on any atom is 0.276 e. The molecule has 1 aliphatic rings. The Morgan fingerprint density at radius 1 is 1.22 bits per heavy atom. The zero-order valence-electron chi connectivity index (χ0n) is 11.6.